The molecule has 2 aromatic heterocycles. The largest absolute Gasteiger partial charge is 0.338 e. The fraction of sp³-hybridized carbons (Fsp3) is 0.172. The van der Waals surface area contributed by atoms with E-state index in [0.717, 1.165) is 5.57 Å². The average Bonchev–Trinajstić information content (AvgIpc) is 3.28. The van der Waals surface area contributed by atoms with Crippen molar-refractivity contribution in [3.8, 4) is 22.5 Å². The van der Waals surface area contributed by atoms with Crippen LogP contribution in [0.3, 0.4) is 0 Å². The molecule has 0 atom stereocenters. The van der Waals surface area contributed by atoms with Crippen molar-refractivity contribution < 1.29 is 13.6 Å². The van der Waals surface area contributed by atoms with E-state index >= 15 is 0 Å². The number of imidazole rings is 1. The number of H-pyrrole nitrogens is 1. The Hall–Kier alpha value is -4.46. The van der Waals surface area contributed by atoms with Crippen LogP contribution in [0.2, 0.25) is 0 Å². The number of carbonyl (C=O) groups excluding carboxylic acids is 1. The first kappa shape index (κ1) is 25.6. The van der Waals surface area contributed by atoms with Crippen LogP contribution in [0.15, 0.2) is 66.4 Å². The number of pyridine rings is 1. The van der Waals surface area contributed by atoms with E-state index in [1.54, 1.807) is 37.4 Å². The van der Waals surface area contributed by atoms with E-state index in [0.29, 0.717) is 45.3 Å². The molecular weight excluding hydrogens is 472 g/mol. The Morgan fingerprint density at radius 2 is 1.76 bits per heavy atom. The molecule has 8 heteroatoms. The lowest BCUT2D eigenvalue weighted by Crippen LogP contribution is -2.12. The number of aryl methyl sites for hydroxylation is 1. The molecule has 0 aliphatic rings. The van der Waals surface area contributed by atoms with E-state index in [1.165, 1.54) is 36.5 Å². The van der Waals surface area contributed by atoms with Gasteiger partial charge in [0.25, 0.3) is 5.91 Å². The zero-order valence-corrected chi connectivity index (χ0v) is 21.0. The second kappa shape index (κ2) is 10.3. The molecule has 0 saturated heterocycles. The Morgan fingerprint density at radius 3 is 2.41 bits per heavy atom. The molecule has 0 bridgehead atoms. The molecule has 4 rings (SSSR count). The van der Waals surface area contributed by atoms with Crippen LogP contribution in [0.4, 0.5) is 14.6 Å². The fourth-order valence-corrected chi connectivity index (χ4v) is 3.74. The number of anilines is 1. The summed E-state index contributed by atoms with van der Waals surface area (Å²) in [5.74, 6) is -0.326. The predicted molar refractivity (Wildman–Crippen MR) is 143 cm³/mol. The molecule has 4 aromatic rings. The molecular formula is C29H27F2N5O. The highest BCUT2D eigenvalue weighted by atomic mass is 19.1. The summed E-state index contributed by atoms with van der Waals surface area (Å²) in [6.07, 6.45) is 4.68. The fourth-order valence-electron chi connectivity index (χ4n) is 3.74. The van der Waals surface area contributed by atoms with Crippen molar-refractivity contribution in [2.45, 2.75) is 27.7 Å². The topological polar surface area (TPSA) is 94.5 Å². The first-order valence-corrected chi connectivity index (χ1v) is 11.7. The molecule has 0 spiro atoms. The lowest BCUT2D eigenvalue weighted by molar-refractivity contribution is 0.102. The second-order valence-electron chi connectivity index (χ2n) is 9.69. The van der Waals surface area contributed by atoms with Crippen molar-refractivity contribution in [1.82, 2.24) is 15.0 Å². The van der Waals surface area contributed by atoms with E-state index in [1.807, 2.05) is 26.8 Å². The van der Waals surface area contributed by atoms with Gasteiger partial charge in [-0.1, -0.05) is 20.8 Å². The molecule has 0 saturated carbocycles. The zero-order chi connectivity index (χ0) is 26.7. The first-order valence-electron chi connectivity index (χ1n) is 11.7. The van der Waals surface area contributed by atoms with Crippen molar-refractivity contribution >= 4 is 24.0 Å². The number of hydrogen-bond acceptors (Lipinski definition) is 4. The van der Waals surface area contributed by atoms with Gasteiger partial charge in [0.15, 0.2) is 0 Å². The Balaban J connectivity index is 1.78. The summed E-state index contributed by atoms with van der Waals surface area (Å²) in [6, 6.07) is 13.5. The summed E-state index contributed by atoms with van der Waals surface area (Å²) >= 11 is 0. The van der Waals surface area contributed by atoms with Crippen LogP contribution >= 0.6 is 0 Å². The molecule has 0 aliphatic heterocycles. The summed E-state index contributed by atoms with van der Waals surface area (Å²) < 4.78 is 27.2. The van der Waals surface area contributed by atoms with Gasteiger partial charge >= 0.3 is 0 Å². The molecule has 1 amide bonds. The number of aromatic nitrogens is 3. The highest BCUT2D eigenvalue weighted by molar-refractivity contribution is 6.04. The highest BCUT2D eigenvalue weighted by Gasteiger charge is 2.19. The van der Waals surface area contributed by atoms with Gasteiger partial charge in [0.2, 0.25) is 0 Å². The predicted octanol–water partition coefficient (Wildman–Crippen LogP) is 7.06. The Kier molecular flexibility index (Phi) is 7.11. The smallest absolute Gasteiger partial charge is 0.256 e. The Bertz CT molecular complexity index is 1500. The van der Waals surface area contributed by atoms with Gasteiger partial charge in [-0.05, 0) is 84.1 Å². The van der Waals surface area contributed by atoms with Crippen molar-refractivity contribution in [1.29, 1.82) is 5.41 Å². The number of aromatic amines is 1. The third-order valence-corrected chi connectivity index (χ3v) is 5.86. The quantitative estimate of drug-likeness (QED) is 0.248. The molecule has 3 N–H and O–H groups in total. The van der Waals surface area contributed by atoms with E-state index < -0.39 is 11.7 Å². The zero-order valence-electron chi connectivity index (χ0n) is 21.0. The van der Waals surface area contributed by atoms with Crippen LogP contribution < -0.4 is 5.32 Å². The molecule has 37 heavy (non-hydrogen) atoms. The van der Waals surface area contributed by atoms with Crippen molar-refractivity contribution in [2.75, 3.05) is 5.32 Å². The Morgan fingerprint density at radius 1 is 1.03 bits per heavy atom. The molecule has 6 nitrogen and oxygen atoms in total. The second-order valence-corrected chi connectivity index (χ2v) is 9.69. The SMILES string of the molecule is Cc1cc(-c2nc(/C=C(\C=N)C(C)(C)C)[nH]c2-c2ccnc(NC(=O)c3ccc(F)cc3)c2)ccc1F. The summed E-state index contributed by atoms with van der Waals surface area (Å²) in [5, 5.41) is 10.6. The number of halogens is 2. The van der Waals surface area contributed by atoms with Gasteiger partial charge in [-0.2, -0.15) is 0 Å². The van der Waals surface area contributed by atoms with Crippen molar-refractivity contribution in [3.05, 3.63) is 95.0 Å². The van der Waals surface area contributed by atoms with Gasteiger partial charge in [0.05, 0.1) is 11.4 Å². The minimum Gasteiger partial charge on any atom is -0.338 e. The minimum absolute atomic E-state index is 0.268. The number of nitrogens with one attached hydrogen (secondary N) is 3. The van der Waals surface area contributed by atoms with E-state index in [2.05, 4.69) is 15.3 Å². The van der Waals surface area contributed by atoms with Crippen LogP contribution in [-0.4, -0.2) is 27.1 Å². The molecule has 188 valence electrons. The molecule has 0 aliphatic carbocycles. The molecule has 0 unspecified atom stereocenters. The number of benzene rings is 2. The summed E-state index contributed by atoms with van der Waals surface area (Å²) in [6.45, 7) is 7.72. The molecule has 2 heterocycles. The molecule has 2 aromatic carbocycles. The number of carbonyl (C=O) groups is 1. The van der Waals surface area contributed by atoms with Gasteiger partial charge in [-0.25, -0.2) is 18.7 Å². The maximum absolute atomic E-state index is 14.0. The van der Waals surface area contributed by atoms with Gasteiger partial charge in [-0.3, -0.25) is 4.79 Å². The van der Waals surface area contributed by atoms with E-state index in [4.69, 9.17) is 10.4 Å². The standard InChI is InChI=1S/C29H27F2N5O/c1-17-13-19(7-10-23(17)31)26-27(35-25(34-26)15-21(16-32)29(2,3)4)20-11-12-33-24(14-20)36-28(37)18-5-8-22(30)9-6-18/h5-16,32H,1-4H3,(H,34,35)(H,33,36,37)/b21-15+,32-16?. The number of hydrogen-bond donors (Lipinski definition) is 3. The third-order valence-electron chi connectivity index (χ3n) is 5.86. The minimum atomic E-state index is -0.429. The normalized spacial score (nSPS) is 11.9. The number of nitrogens with zero attached hydrogens (tertiary/aromatic N) is 2. The first-order chi connectivity index (χ1) is 17.5. The number of rotatable bonds is 6. The number of amides is 1. The highest BCUT2D eigenvalue weighted by Crippen LogP contribution is 2.33. The lowest BCUT2D eigenvalue weighted by atomic mass is 9.87. The maximum Gasteiger partial charge on any atom is 0.256 e. The van der Waals surface area contributed by atoms with Crippen LogP contribution in [0.1, 0.15) is 42.5 Å². The maximum atomic E-state index is 14.0. The summed E-state index contributed by atoms with van der Waals surface area (Å²) in [5.41, 5.74) is 3.94. The molecule has 0 radical (unpaired) electrons. The van der Waals surface area contributed by atoms with Crippen LogP contribution in [0, 0.1) is 29.4 Å². The summed E-state index contributed by atoms with van der Waals surface area (Å²) in [4.78, 5) is 25.0. The third kappa shape index (κ3) is 5.86. The number of allylic oxidation sites excluding steroid dienone is 1. The van der Waals surface area contributed by atoms with Crippen molar-refractivity contribution in [3.63, 3.8) is 0 Å². The van der Waals surface area contributed by atoms with E-state index in [-0.39, 0.29) is 11.2 Å². The molecule has 0 fully saturated rings. The average molecular weight is 500 g/mol. The lowest BCUT2D eigenvalue weighted by Gasteiger charge is -2.18. The van der Waals surface area contributed by atoms with Crippen molar-refractivity contribution in [2.24, 2.45) is 5.41 Å². The van der Waals surface area contributed by atoms with Crippen LogP contribution in [0.25, 0.3) is 28.6 Å². The summed E-state index contributed by atoms with van der Waals surface area (Å²) in [7, 11) is 0. The van der Waals surface area contributed by atoms with E-state index in [9.17, 15) is 13.6 Å². The van der Waals surface area contributed by atoms with Gasteiger partial charge < -0.3 is 15.7 Å². The van der Waals surface area contributed by atoms with Gasteiger partial charge in [-0.15, -0.1) is 0 Å². The van der Waals surface area contributed by atoms with Crippen LogP contribution in [-0.2, 0) is 0 Å². The Labute approximate surface area is 214 Å². The van der Waals surface area contributed by atoms with Gasteiger partial charge in [0, 0.05) is 29.1 Å². The van der Waals surface area contributed by atoms with Gasteiger partial charge in [0.1, 0.15) is 23.3 Å². The monoisotopic (exact) mass is 499 g/mol. The van der Waals surface area contributed by atoms with Crippen LogP contribution in [0.5, 0.6) is 0 Å².